The van der Waals surface area contributed by atoms with Gasteiger partial charge in [-0.3, -0.25) is 14.2 Å². The lowest BCUT2D eigenvalue weighted by Crippen LogP contribution is -2.42. The summed E-state index contributed by atoms with van der Waals surface area (Å²) in [5.41, 5.74) is 3.08. The number of ether oxygens (including phenoxy) is 2. The van der Waals surface area contributed by atoms with Crippen LogP contribution in [0.3, 0.4) is 0 Å². The zero-order valence-electron chi connectivity index (χ0n) is 20.0. The third-order valence-electron chi connectivity index (χ3n) is 5.81. The molecule has 1 aromatic heterocycles. The number of carbonyl (C=O) groups is 2. The van der Waals surface area contributed by atoms with E-state index in [0.717, 1.165) is 5.56 Å². The maximum Gasteiger partial charge on any atom is 0.410 e. The number of benzene rings is 2. The smallest absolute Gasteiger partial charge is 0.410 e. The van der Waals surface area contributed by atoms with Crippen molar-refractivity contribution < 1.29 is 19.1 Å². The molecule has 9 nitrogen and oxygen atoms in total. The van der Waals surface area contributed by atoms with Gasteiger partial charge in [-0.05, 0) is 32.4 Å². The minimum atomic E-state index is -0.432. The summed E-state index contributed by atoms with van der Waals surface area (Å²) in [5.74, 6) is 0.626. The van der Waals surface area contributed by atoms with Gasteiger partial charge in [0, 0.05) is 29.4 Å². The second-order valence-electron chi connectivity index (χ2n) is 8.27. The molecule has 1 aliphatic heterocycles. The molecule has 0 bridgehead atoms. The molecule has 0 radical (unpaired) electrons. The molecule has 2 heterocycles. The van der Waals surface area contributed by atoms with Crippen molar-refractivity contribution in [2.75, 3.05) is 25.6 Å². The van der Waals surface area contributed by atoms with Crippen molar-refractivity contribution >= 4 is 17.7 Å². The number of aromatic nitrogens is 2. The first-order chi connectivity index (χ1) is 16.9. The highest BCUT2D eigenvalue weighted by molar-refractivity contribution is 5.91. The van der Waals surface area contributed by atoms with E-state index in [4.69, 9.17) is 14.5 Å². The Bertz CT molecular complexity index is 1300. The molecule has 2 aromatic carbocycles. The van der Waals surface area contributed by atoms with Crippen LogP contribution < -0.4 is 15.6 Å². The third-order valence-corrected chi connectivity index (χ3v) is 5.81. The number of hydrogen-bond acceptors (Lipinski definition) is 6. The minimum absolute atomic E-state index is 0.180. The molecule has 0 unspecified atom stereocenters. The fraction of sp³-hybridized carbons (Fsp3) is 0.308. The molecule has 1 aliphatic rings. The summed E-state index contributed by atoms with van der Waals surface area (Å²) in [6.07, 6.45) is -0.0928. The van der Waals surface area contributed by atoms with Crippen molar-refractivity contribution in [1.82, 2.24) is 14.5 Å². The Hall–Kier alpha value is -4.14. The molecule has 1 N–H and O–H groups in total. The number of amides is 2. The van der Waals surface area contributed by atoms with E-state index in [1.807, 2.05) is 31.2 Å². The zero-order valence-corrected chi connectivity index (χ0v) is 20.0. The first-order valence-electron chi connectivity index (χ1n) is 11.4. The molecule has 0 spiro atoms. The highest BCUT2D eigenvalue weighted by atomic mass is 16.6. The quantitative estimate of drug-likeness (QED) is 0.585. The number of anilines is 1. The maximum atomic E-state index is 13.6. The Kier molecular flexibility index (Phi) is 7.14. The molecule has 0 atom stereocenters. The number of fused-ring (bicyclic) bond motifs is 1. The monoisotopic (exact) mass is 476 g/mol. The highest BCUT2D eigenvalue weighted by Gasteiger charge is 2.27. The summed E-state index contributed by atoms with van der Waals surface area (Å²) in [5, 5.41) is 2.82. The first-order valence-corrected chi connectivity index (χ1v) is 11.4. The van der Waals surface area contributed by atoms with E-state index in [-0.39, 0.29) is 31.2 Å². The number of carbonyl (C=O) groups excluding carboxylic acids is 2. The minimum Gasteiger partial charge on any atom is -0.497 e. The standard InChI is InChI=1S/C26H28N4O5/c1-4-35-26(33)29-13-12-21-22(15-29)28-24(18-10-8-17(2)9-11-18)30(25(21)32)16-23(31)27-19-6-5-7-20(14-19)34-3/h5-11,14H,4,12-13,15-16H2,1-3H3,(H,27,31). The van der Waals surface area contributed by atoms with Crippen molar-refractivity contribution in [3.8, 4) is 17.1 Å². The molecule has 0 saturated heterocycles. The van der Waals surface area contributed by atoms with E-state index in [0.29, 0.717) is 47.0 Å². The van der Waals surface area contributed by atoms with Crippen molar-refractivity contribution in [2.45, 2.75) is 33.4 Å². The van der Waals surface area contributed by atoms with Crippen molar-refractivity contribution in [3.05, 3.63) is 75.7 Å². The van der Waals surface area contributed by atoms with Crippen LogP contribution in [-0.2, 0) is 29.0 Å². The van der Waals surface area contributed by atoms with Gasteiger partial charge in [-0.25, -0.2) is 9.78 Å². The molecule has 4 rings (SSSR count). The maximum absolute atomic E-state index is 13.6. The van der Waals surface area contributed by atoms with E-state index in [2.05, 4.69) is 5.32 Å². The number of hydrogen-bond donors (Lipinski definition) is 1. The predicted octanol–water partition coefficient (Wildman–Crippen LogP) is 3.38. The van der Waals surface area contributed by atoms with Gasteiger partial charge in [-0.2, -0.15) is 0 Å². The van der Waals surface area contributed by atoms with Crippen LogP contribution in [0.25, 0.3) is 11.4 Å². The number of aryl methyl sites for hydroxylation is 1. The van der Waals surface area contributed by atoms with Gasteiger partial charge in [-0.1, -0.05) is 35.9 Å². The SMILES string of the molecule is CCOC(=O)N1CCc2c(nc(-c3ccc(C)cc3)n(CC(=O)Nc3cccc(OC)c3)c2=O)C1. The molecule has 182 valence electrons. The molecule has 2 amide bonds. The fourth-order valence-corrected chi connectivity index (χ4v) is 4.01. The van der Waals surface area contributed by atoms with E-state index in [1.54, 1.807) is 38.3 Å². The first kappa shape index (κ1) is 24.0. The molecular weight excluding hydrogens is 448 g/mol. The van der Waals surface area contributed by atoms with Gasteiger partial charge >= 0.3 is 6.09 Å². The second kappa shape index (κ2) is 10.4. The normalized spacial score (nSPS) is 12.6. The third kappa shape index (κ3) is 5.34. The van der Waals surface area contributed by atoms with Crippen LogP contribution in [0.5, 0.6) is 5.75 Å². The van der Waals surface area contributed by atoms with Crippen LogP contribution in [0.2, 0.25) is 0 Å². The van der Waals surface area contributed by atoms with Gasteiger partial charge in [-0.15, -0.1) is 0 Å². The summed E-state index contributed by atoms with van der Waals surface area (Å²) in [4.78, 5) is 45.1. The van der Waals surface area contributed by atoms with Crippen LogP contribution in [-0.4, -0.2) is 46.7 Å². The summed E-state index contributed by atoms with van der Waals surface area (Å²) >= 11 is 0. The summed E-state index contributed by atoms with van der Waals surface area (Å²) in [6, 6.07) is 14.6. The van der Waals surface area contributed by atoms with Crippen molar-refractivity contribution in [2.24, 2.45) is 0 Å². The van der Waals surface area contributed by atoms with Gasteiger partial charge in [0.15, 0.2) is 0 Å². The van der Waals surface area contributed by atoms with Crippen LogP contribution >= 0.6 is 0 Å². The number of methoxy groups -OCH3 is 1. The molecular formula is C26H28N4O5. The van der Waals surface area contributed by atoms with Gasteiger partial charge in [0.25, 0.3) is 5.56 Å². The van der Waals surface area contributed by atoms with Gasteiger partial charge < -0.3 is 19.7 Å². The predicted molar refractivity (Wildman–Crippen MR) is 131 cm³/mol. The van der Waals surface area contributed by atoms with E-state index in [1.165, 1.54) is 9.47 Å². The molecule has 0 aliphatic carbocycles. The van der Waals surface area contributed by atoms with E-state index < -0.39 is 6.09 Å². The molecule has 9 heteroatoms. The Labute approximate surface area is 203 Å². The number of nitrogens with zero attached hydrogens (tertiary/aromatic N) is 3. The van der Waals surface area contributed by atoms with Crippen LogP contribution in [0.4, 0.5) is 10.5 Å². The fourth-order valence-electron chi connectivity index (χ4n) is 4.01. The van der Waals surface area contributed by atoms with Crippen LogP contribution in [0, 0.1) is 6.92 Å². The Morgan fingerprint density at radius 3 is 2.63 bits per heavy atom. The average molecular weight is 477 g/mol. The Balaban J connectivity index is 1.70. The Morgan fingerprint density at radius 1 is 1.14 bits per heavy atom. The molecule has 0 fully saturated rings. The zero-order chi connectivity index (χ0) is 24.9. The van der Waals surface area contributed by atoms with Gasteiger partial charge in [0.05, 0.1) is 26.0 Å². The van der Waals surface area contributed by atoms with E-state index in [9.17, 15) is 14.4 Å². The molecule has 3 aromatic rings. The molecule has 35 heavy (non-hydrogen) atoms. The highest BCUT2D eigenvalue weighted by Crippen LogP contribution is 2.22. The van der Waals surface area contributed by atoms with Crippen LogP contribution in [0.15, 0.2) is 53.3 Å². The average Bonchev–Trinajstić information content (AvgIpc) is 2.86. The molecule has 0 saturated carbocycles. The van der Waals surface area contributed by atoms with Crippen molar-refractivity contribution in [1.29, 1.82) is 0 Å². The Morgan fingerprint density at radius 2 is 1.91 bits per heavy atom. The number of rotatable bonds is 6. The summed E-state index contributed by atoms with van der Waals surface area (Å²) < 4.78 is 11.7. The summed E-state index contributed by atoms with van der Waals surface area (Å²) in [7, 11) is 1.55. The van der Waals surface area contributed by atoms with Crippen LogP contribution in [0.1, 0.15) is 23.7 Å². The lowest BCUT2D eigenvalue weighted by molar-refractivity contribution is -0.116. The lowest BCUT2D eigenvalue weighted by atomic mass is 10.1. The lowest BCUT2D eigenvalue weighted by Gasteiger charge is -2.28. The van der Waals surface area contributed by atoms with Gasteiger partial charge in [0.1, 0.15) is 18.1 Å². The summed E-state index contributed by atoms with van der Waals surface area (Å²) in [6.45, 7) is 4.31. The second-order valence-corrected chi connectivity index (χ2v) is 8.27. The van der Waals surface area contributed by atoms with Crippen molar-refractivity contribution in [3.63, 3.8) is 0 Å². The van der Waals surface area contributed by atoms with Gasteiger partial charge in [0.2, 0.25) is 5.91 Å². The largest absolute Gasteiger partial charge is 0.497 e. The van der Waals surface area contributed by atoms with E-state index >= 15 is 0 Å². The number of nitrogens with one attached hydrogen (secondary N) is 1. The topological polar surface area (TPSA) is 103 Å².